The van der Waals surface area contributed by atoms with Crippen LogP contribution in [0.2, 0.25) is 5.02 Å². The van der Waals surface area contributed by atoms with Gasteiger partial charge in [0.15, 0.2) is 0 Å². The molecule has 0 spiro atoms. The molecule has 1 aliphatic carbocycles. The monoisotopic (exact) mass is 532 g/mol. The van der Waals surface area contributed by atoms with Gasteiger partial charge in [-0.1, -0.05) is 147 Å². The summed E-state index contributed by atoms with van der Waals surface area (Å²) in [6.45, 7) is 4.68. The summed E-state index contributed by atoms with van der Waals surface area (Å²) in [7, 11) is 0. The second-order valence-corrected chi connectivity index (χ2v) is 11.5. The molecule has 0 aliphatic heterocycles. The highest BCUT2D eigenvalue weighted by molar-refractivity contribution is 6.34. The Bertz CT molecular complexity index is 1850. The molecule has 6 aromatic rings. The van der Waals surface area contributed by atoms with Crippen molar-refractivity contribution in [3.05, 3.63) is 156 Å². The number of hydrogen-bond donors (Lipinski definition) is 0. The summed E-state index contributed by atoms with van der Waals surface area (Å²) >= 11 is 7.18. The van der Waals surface area contributed by atoms with Gasteiger partial charge in [-0.05, 0) is 79.4 Å². The maximum atomic E-state index is 7.18. The van der Waals surface area contributed by atoms with E-state index < -0.39 is 0 Å². The lowest BCUT2D eigenvalue weighted by Gasteiger charge is -2.22. The molecular formula is C39H29Cl. The Balaban J connectivity index is 1.45. The van der Waals surface area contributed by atoms with Gasteiger partial charge in [0, 0.05) is 16.0 Å². The summed E-state index contributed by atoms with van der Waals surface area (Å²) in [4.78, 5) is 0. The molecule has 0 aromatic heterocycles. The van der Waals surface area contributed by atoms with Crippen molar-refractivity contribution in [1.29, 1.82) is 0 Å². The molecule has 0 unspecified atom stereocenters. The van der Waals surface area contributed by atoms with Crippen molar-refractivity contribution in [2.24, 2.45) is 0 Å². The second kappa shape index (κ2) is 9.66. The van der Waals surface area contributed by atoms with Crippen LogP contribution >= 0.6 is 11.6 Å². The van der Waals surface area contributed by atoms with E-state index in [-0.39, 0.29) is 5.41 Å². The zero-order valence-corrected chi connectivity index (χ0v) is 23.4. The van der Waals surface area contributed by atoms with E-state index in [0.29, 0.717) is 0 Å². The van der Waals surface area contributed by atoms with Gasteiger partial charge in [0.1, 0.15) is 0 Å². The average Bonchev–Trinajstić information content (AvgIpc) is 3.24. The van der Waals surface area contributed by atoms with Gasteiger partial charge in [-0.2, -0.15) is 0 Å². The molecule has 7 rings (SSSR count). The average molecular weight is 533 g/mol. The standard InChI is InChI=1S/C39H29Cl/c1-39(2)35-20-12-19-30(38(35)31-22-21-29(23-36(31)39)26-13-6-3-7-14-26)34-24-32(27-15-8-4-9-16-27)33(25-37(34)40)28-17-10-5-11-18-28/h3-25H,1-2H3. The van der Waals surface area contributed by atoms with E-state index in [2.05, 4.69) is 153 Å². The van der Waals surface area contributed by atoms with Crippen LogP contribution < -0.4 is 0 Å². The van der Waals surface area contributed by atoms with Crippen molar-refractivity contribution in [2.75, 3.05) is 0 Å². The lowest BCUT2D eigenvalue weighted by atomic mass is 9.81. The van der Waals surface area contributed by atoms with Crippen molar-refractivity contribution in [2.45, 2.75) is 19.3 Å². The van der Waals surface area contributed by atoms with Crippen LogP contribution in [-0.4, -0.2) is 0 Å². The minimum Gasteiger partial charge on any atom is -0.0836 e. The minimum atomic E-state index is -0.121. The van der Waals surface area contributed by atoms with Crippen LogP contribution in [0.25, 0.3) is 55.6 Å². The molecule has 1 heteroatoms. The summed E-state index contributed by atoms with van der Waals surface area (Å²) < 4.78 is 0. The fourth-order valence-corrected chi connectivity index (χ4v) is 6.58. The lowest BCUT2D eigenvalue weighted by Crippen LogP contribution is -2.15. The first-order valence-electron chi connectivity index (χ1n) is 13.8. The SMILES string of the molecule is CC1(C)c2cc(-c3ccccc3)ccc2-c2c(-c3cc(-c4ccccc4)c(-c4ccccc4)cc3Cl)cccc21. The van der Waals surface area contributed by atoms with E-state index in [1.165, 1.54) is 50.1 Å². The summed E-state index contributed by atoms with van der Waals surface area (Å²) in [6.07, 6.45) is 0. The van der Waals surface area contributed by atoms with Crippen LogP contribution in [0.5, 0.6) is 0 Å². The van der Waals surface area contributed by atoms with Crippen molar-refractivity contribution >= 4 is 11.6 Å². The van der Waals surface area contributed by atoms with Gasteiger partial charge in [0.05, 0.1) is 0 Å². The topological polar surface area (TPSA) is 0 Å². The van der Waals surface area contributed by atoms with Crippen LogP contribution in [0.1, 0.15) is 25.0 Å². The largest absolute Gasteiger partial charge is 0.0836 e. The Labute approximate surface area is 241 Å². The first kappa shape index (κ1) is 24.6. The molecular weight excluding hydrogens is 504 g/mol. The van der Waals surface area contributed by atoms with E-state index in [9.17, 15) is 0 Å². The highest BCUT2D eigenvalue weighted by Gasteiger charge is 2.37. The number of hydrogen-bond acceptors (Lipinski definition) is 0. The summed E-state index contributed by atoms with van der Waals surface area (Å²) in [6, 6.07) is 49.9. The lowest BCUT2D eigenvalue weighted by molar-refractivity contribution is 0.660. The van der Waals surface area contributed by atoms with Crippen molar-refractivity contribution in [3.63, 3.8) is 0 Å². The van der Waals surface area contributed by atoms with E-state index in [1.54, 1.807) is 0 Å². The molecule has 1 aliphatic rings. The molecule has 6 aromatic carbocycles. The molecule has 0 nitrogen and oxygen atoms in total. The maximum absolute atomic E-state index is 7.18. The molecule has 0 saturated heterocycles. The molecule has 0 fully saturated rings. The Kier molecular flexibility index (Phi) is 5.95. The van der Waals surface area contributed by atoms with E-state index in [0.717, 1.165) is 21.7 Å². The molecule has 0 amide bonds. The zero-order valence-electron chi connectivity index (χ0n) is 22.7. The molecule has 40 heavy (non-hydrogen) atoms. The highest BCUT2D eigenvalue weighted by Crippen LogP contribution is 2.54. The fraction of sp³-hybridized carbons (Fsp3) is 0.0769. The van der Waals surface area contributed by atoms with Crippen LogP contribution in [0.15, 0.2) is 140 Å². The Morgan fingerprint density at radius 1 is 0.400 bits per heavy atom. The predicted octanol–water partition coefficient (Wildman–Crippen LogP) is 11.3. The molecule has 0 atom stereocenters. The Hall–Kier alpha value is -4.39. The predicted molar refractivity (Wildman–Crippen MR) is 171 cm³/mol. The smallest absolute Gasteiger partial charge is 0.0491 e. The first-order chi connectivity index (χ1) is 19.5. The normalized spacial score (nSPS) is 13.1. The Morgan fingerprint density at radius 2 is 0.975 bits per heavy atom. The number of halogens is 1. The van der Waals surface area contributed by atoms with E-state index in [4.69, 9.17) is 11.6 Å². The summed E-state index contributed by atoms with van der Waals surface area (Å²) in [5, 5.41) is 0.763. The molecule has 0 saturated carbocycles. The first-order valence-corrected chi connectivity index (χ1v) is 14.2. The van der Waals surface area contributed by atoms with Crippen LogP contribution in [-0.2, 0) is 5.41 Å². The third-order valence-corrected chi connectivity index (χ3v) is 8.69. The van der Waals surface area contributed by atoms with Crippen LogP contribution in [0.3, 0.4) is 0 Å². The molecule has 0 N–H and O–H groups in total. The highest BCUT2D eigenvalue weighted by atomic mass is 35.5. The third kappa shape index (κ3) is 3.99. The van der Waals surface area contributed by atoms with Gasteiger partial charge in [-0.15, -0.1) is 0 Å². The molecule has 0 heterocycles. The maximum Gasteiger partial charge on any atom is 0.0491 e. The van der Waals surface area contributed by atoms with Gasteiger partial charge < -0.3 is 0 Å². The van der Waals surface area contributed by atoms with Gasteiger partial charge in [-0.25, -0.2) is 0 Å². The van der Waals surface area contributed by atoms with Crippen molar-refractivity contribution < 1.29 is 0 Å². The number of rotatable bonds is 4. The molecule has 0 bridgehead atoms. The van der Waals surface area contributed by atoms with E-state index >= 15 is 0 Å². The van der Waals surface area contributed by atoms with Crippen molar-refractivity contribution in [1.82, 2.24) is 0 Å². The Morgan fingerprint density at radius 3 is 1.60 bits per heavy atom. The fourth-order valence-electron chi connectivity index (χ4n) is 6.32. The van der Waals surface area contributed by atoms with Gasteiger partial charge in [0.2, 0.25) is 0 Å². The third-order valence-electron chi connectivity index (χ3n) is 8.37. The van der Waals surface area contributed by atoms with Gasteiger partial charge >= 0.3 is 0 Å². The van der Waals surface area contributed by atoms with Gasteiger partial charge in [0.25, 0.3) is 0 Å². The second-order valence-electron chi connectivity index (χ2n) is 11.1. The van der Waals surface area contributed by atoms with Gasteiger partial charge in [-0.3, -0.25) is 0 Å². The number of fused-ring (bicyclic) bond motifs is 3. The zero-order chi connectivity index (χ0) is 27.3. The number of benzene rings is 6. The summed E-state index contributed by atoms with van der Waals surface area (Å²) in [5.74, 6) is 0. The van der Waals surface area contributed by atoms with E-state index in [1.807, 2.05) is 0 Å². The van der Waals surface area contributed by atoms with Crippen LogP contribution in [0.4, 0.5) is 0 Å². The van der Waals surface area contributed by atoms with Crippen LogP contribution in [0, 0.1) is 0 Å². The van der Waals surface area contributed by atoms with Crippen molar-refractivity contribution in [3.8, 4) is 55.6 Å². The molecule has 192 valence electrons. The molecule has 0 radical (unpaired) electrons. The quantitative estimate of drug-likeness (QED) is 0.212. The minimum absolute atomic E-state index is 0.121. The summed E-state index contributed by atoms with van der Waals surface area (Å²) in [5.41, 5.74) is 14.6.